The van der Waals surface area contributed by atoms with Gasteiger partial charge in [-0.3, -0.25) is 9.78 Å². The van der Waals surface area contributed by atoms with Gasteiger partial charge in [-0.1, -0.05) is 6.07 Å². The minimum atomic E-state index is -0.932. The highest BCUT2D eigenvalue weighted by atomic mass is 16.3. The van der Waals surface area contributed by atoms with Gasteiger partial charge in [-0.15, -0.1) is 0 Å². The van der Waals surface area contributed by atoms with E-state index in [0.29, 0.717) is 5.69 Å². The Bertz CT molecular complexity index is 341. The smallest absolute Gasteiger partial charge is 0.270 e. The monoisotopic (exact) mass is 210 g/mol. The number of aryl methyl sites for hydroxylation is 1. The molecule has 0 saturated carbocycles. The summed E-state index contributed by atoms with van der Waals surface area (Å²) in [5, 5.41) is 20.1. The van der Waals surface area contributed by atoms with Crippen LogP contribution in [0.5, 0.6) is 0 Å². The lowest BCUT2D eigenvalue weighted by Gasteiger charge is -2.09. The number of hydrogen-bond acceptors (Lipinski definition) is 4. The van der Waals surface area contributed by atoms with Crippen LogP contribution < -0.4 is 5.32 Å². The standard InChI is InChI=1S/C10H14N2O3/c1-7-3-2-4-11-9(7)10(15)12-5-8(14)6-13/h2-4,8,13-14H,5-6H2,1H3,(H,12,15). The number of hydrogen-bond donors (Lipinski definition) is 3. The number of nitrogens with zero attached hydrogens (tertiary/aromatic N) is 1. The van der Waals surface area contributed by atoms with Crippen molar-refractivity contribution in [3.05, 3.63) is 29.6 Å². The van der Waals surface area contributed by atoms with Crippen LogP contribution in [0.25, 0.3) is 0 Å². The minimum absolute atomic E-state index is 0.0192. The summed E-state index contributed by atoms with van der Waals surface area (Å²) in [4.78, 5) is 15.4. The van der Waals surface area contributed by atoms with Gasteiger partial charge in [0.2, 0.25) is 0 Å². The lowest BCUT2D eigenvalue weighted by Crippen LogP contribution is -2.34. The molecular formula is C10H14N2O3. The number of rotatable bonds is 4. The molecule has 82 valence electrons. The molecule has 1 amide bonds. The van der Waals surface area contributed by atoms with Crippen molar-refractivity contribution in [3.63, 3.8) is 0 Å². The van der Waals surface area contributed by atoms with Crippen molar-refractivity contribution in [3.8, 4) is 0 Å². The quantitative estimate of drug-likeness (QED) is 0.624. The van der Waals surface area contributed by atoms with E-state index in [1.165, 1.54) is 6.20 Å². The van der Waals surface area contributed by atoms with Gasteiger partial charge in [0.1, 0.15) is 5.69 Å². The summed E-state index contributed by atoms with van der Waals surface area (Å²) in [5.74, 6) is -0.347. The van der Waals surface area contributed by atoms with Gasteiger partial charge in [0.15, 0.2) is 0 Å². The van der Waals surface area contributed by atoms with E-state index >= 15 is 0 Å². The fourth-order valence-corrected chi connectivity index (χ4v) is 1.08. The first kappa shape index (κ1) is 11.6. The van der Waals surface area contributed by atoms with Crippen LogP contribution in [-0.2, 0) is 0 Å². The SMILES string of the molecule is Cc1cccnc1C(=O)NCC(O)CO. The van der Waals surface area contributed by atoms with Gasteiger partial charge in [-0.05, 0) is 18.6 Å². The highest BCUT2D eigenvalue weighted by Gasteiger charge is 2.11. The van der Waals surface area contributed by atoms with E-state index in [1.54, 1.807) is 19.1 Å². The average Bonchev–Trinajstić information content (AvgIpc) is 2.26. The number of amides is 1. The van der Waals surface area contributed by atoms with Crippen molar-refractivity contribution in [2.45, 2.75) is 13.0 Å². The van der Waals surface area contributed by atoms with Gasteiger partial charge in [-0.2, -0.15) is 0 Å². The maximum absolute atomic E-state index is 11.5. The molecule has 3 N–H and O–H groups in total. The molecule has 15 heavy (non-hydrogen) atoms. The van der Waals surface area contributed by atoms with E-state index in [2.05, 4.69) is 10.3 Å². The van der Waals surface area contributed by atoms with Crippen molar-refractivity contribution < 1.29 is 15.0 Å². The maximum atomic E-state index is 11.5. The van der Waals surface area contributed by atoms with Crippen LogP contribution >= 0.6 is 0 Å². The molecule has 0 bridgehead atoms. The highest BCUT2D eigenvalue weighted by Crippen LogP contribution is 2.02. The number of nitrogens with one attached hydrogen (secondary N) is 1. The molecule has 1 heterocycles. The van der Waals surface area contributed by atoms with Crippen molar-refractivity contribution >= 4 is 5.91 Å². The highest BCUT2D eigenvalue weighted by molar-refractivity contribution is 5.93. The van der Waals surface area contributed by atoms with Crippen LogP contribution in [-0.4, -0.2) is 40.4 Å². The first-order valence-corrected chi connectivity index (χ1v) is 4.64. The molecule has 0 radical (unpaired) electrons. The predicted molar refractivity (Wildman–Crippen MR) is 54.4 cm³/mol. The Morgan fingerprint density at radius 3 is 3.00 bits per heavy atom. The zero-order chi connectivity index (χ0) is 11.3. The first-order valence-electron chi connectivity index (χ1n) is 4.64. The molecule has 0 saturated heterocycles. The molecular weight excluding hydrogens is 196 g/mol. The second-order valence-corrected chi connectivity index (χ2v) is 3.22. The second-order valence-electron chi connectivity index (χ2n) is 3.22. The van der Waals surface area contributed by atoms with Gasteiger partial charge in [0.05, 0.1) is 12.7 Å². The Kier molecular flexibility index (Phi) is 4.20. The summed E-state index contributed by atoms with van der Waals surface area (Å²) in [6, 6.07) is 3.53. The summed E-state index contributed by atoms with van der Waals surface area (Å²) in [7, 11) is 0. The summed E-state index contributed by atoms with van der Waals surface area (Å²) < 4.78 is 0. The molecule has 0 aliphatic heterocycles. The Balaban J connectivity index is 2.58. The summed E-state index contributed by atoms with van der Waals surface area (Å²) in [6.07, 6.45) is 0.600. The Labute approximate surface area is 87.8 Å². The number of aliphatic hydroxyl groups excluding tert-OH is 2. The average molecular weight is 210 g/mol. The lowest BCUT2D eigenvalue weighted by molar-refractivity contribution is 0.0798. The van der Waals surface area contributed by atoms with E-state index in [9.17, 15) is 4.79 Å². The van der Waals surface area contributed by atoms with Crippen molar-refractivity contribution in [1.82, 2.24) is 10.3 Å². The Morgan fingerprint density at radius 2 is 2.40 bits per heavy atom. The van der Waals surface area contributed by atoms with E-state index in [0.717, 1.165) is 5.56 Å². The van der Waals surface area contributed by atoms with Crippen molar-refractivity contribution in [2.75, 3.05) is 13.2 Å². The molecule has 1 atom stereocenters. The molecule has 0 aliphatic rings. The zero-order valence-corrected chi connectivity index (χ0v) is 8.47. The third kappa shape index (κ3) is 3.30. The lowest BCUT2D eigenvalue weighted by atomic mass is 10.2. The minimum Gasteiger partial charge on any atom is -0.394 e. The van der Waals surface area contributed by atoms with Crippen LogP contribution in [0.3, 0.4) is 0 Å². The molecule has 0 aromatic carbocycles. The van der Waals surface area contributed by atoms with Crippen LogP contribution in [0.2, 0.25) is 0 Å². The fourth-order valence-electron chi connectivity index (χ4n) is 1.08. The molecule has 1 aromatic rings. The number of pyridine rings is 1. The molecule has 1 aromatic heterocycles. The number of carbonyl (C=O) groups is 1. The predicted octanol–water partition coefficient (Wildman–Crippen LogP) is -0.527. The molecule has 1 unspecified atom stereocenters. The molecule has 0 spiro atoms. The van der Waals surface area contributed by atoms with Crippen LogP contribution in [0.15, 0.2) is 18.3 Å². The largest absolute Gasteiger partial charge is 0.394 e. The summed E-state index contributed by atoms with van der Waals surface area (Å²) in [6.45, 7) is 1.43. The van der Waals surface area contributed by atoms with Crippen molar-refractivity contribution in [1.29, 1.82) is 0 Å². The second kappa shape index (κ2) is 5.43. The van der Waals surface area contributed by atoms with Crippen molar-refractivity contribution in [2.24, 2.45) is 0 Å². The first-order chi connectivity index (χ1) is 7.15. The Hall–Kier alpha value is -1.46. The molecule has 5 heteroatoms. The van der Waals surface area contributed by atoms with Gasteiger partial charge < -0.3 is 15.5 Å². The normalized spacial score (nSPS) is 12.2. The van der Waals surface area contributed by atoms with Gasteiger partial charge in [-0.25, -0.2) is 0 Å². The summed E-state index contributed by atoms with van der Waals surface area (Å²) in [5.41, 5.74) is 1.11. The number of aliphatic hydroxyl groups is 2. The molecule has 0 aliphatic carbocycles. The van der Waals surface area contributed by atoms with Crippen LogP contribution in [0.4, 0.5) is 0 Å². The number of carbonyl (C=O) groups excluding carboxylic acids is 1. The van der Waals surface area contributed by atoms with Gasteiger partial charge in [0, 0.05) is 12.7 Å². The molecule has 1 rings (SSSR count). The molecule has 5 nitrogen and oxygen atoms in total. The van der Waals surface area contributed by atoms with E-state index in [4.69, 9.17) is 10.2 Å². The van der Waals surface area contributed by atoms with E-state index < -0.39 is 6.10 Å². The van der Waals surface area contributed by atoms with Crippen LogP contribution in [0.1, 0.15) is 16.1 Å². The topological polar surface area (TPSA) is 82.5 Å². The Morgan fingerprint density at radius 1 is 1.67 bits per heavy atom. The number of aromatic nitrogens is 1. The maximum Gasteiger partial charge on any atom is 0.270 e. The third-order valence-electron chi connectivity index (χ3n) is 1.93. The van der Waals surface area contributed by atoms with E-state index in [1.807, 2.05) is 0 Å². The van der Waals surface area contributed by atoms with Crippen LogP contribution in [0, 0.1) is 6.92 Å². The fraction of sp³-hybridized carbons (Fsp3) is 0.400. The van der Waals surface area contributed by atoms with E-state index in [-0.39, 0.29) is 19.1 Å². The molecule has 0 fully saturated rings. The van der Waals surface area contributed by atoms with Gasteiger partial charge >= 0.3 is 0 Å². The summed E-state index contributed by atoms with van der Waals surface area (Å²) >= 11 is 0. The third-order valence-corrected chi connectivity index (χ3v) is 1.93. The zero-order valence-electron chi connectivity index (χ0n) is 8.47. The van der Waals surface area contributed by atoms with Gasteiger partial charge in [0.25, 0.3) is 5.91 Å².